The third-order valence-corrected chi connectivity index (χ3v) is 9.82. The molecule has 5 rings (SSSR count). The number of phenolic OH excluding ortho intramolecular Hbond substituents is 1. The number of carbonyl (C=O) groups is 1. The summed E-state index contributed by atoms with van der Waals surface area (Å²) in [6.07, 6.45) is 1.42. The lowest BCUT2D eigenvalue weighted by Gasteiger charge is -2.17. The summed E-state index contributed by atoms with van der Waals surface area (Å²) in [7, 11) is -3.42. The van der Waals surface area contributed by atoms with Crippen LogP contribution in [0, 0.1) is 0 Å². The molecule has 0 radical (unpaired) electrons. The molecule has 0 heterocycles. The van der Waals surface area contributed by atoms with E-state index in [4.69, 9.17) is 0 Å². The first-order valence-electron chi connectivity index (χ1n) is 15.0. The van der Waals surface area contributed by atoms with E-state index < -0.39 is 9.84 Å². The van der Waals surface area contributed by atoms with Gasteiger partial charge in [-0.05, 0) is 73.1 Å². The predicted molar refractivity (Wildman–Crippen MR) is 177 cm³/mol. The Labute approximate surface area is 258 Å². The Morgan fingerprint density at radius 2 is 1.43 bits per heavy atom. The summed E-state index contributed by atoms with van der Waals surface area (Å²) in [6.45, 7) is 7.00. The van der Waals surface area contributed by atoms with E-state index in [-0.39, 0.29) is 39.9 Å². The van der Waals surface area contributed by atoms with E-state index in [0.29, 0.717) is 23.1 Å². The van der Waals surface area contributed by atoms with Crippen molar-refractivity contribution in [1.29, 1.82) is 0 Å². The number of carbonyl (C=O) groups excluding carboxylic acids is 1. The van der Waals surface area contributed by atoms with E-state index in [1.807, 2.05) is 66.7 Å². The lowest BCUT2D eigenvalue weighted by Crippen LogP contribution is -2.24. The molecule has 0 atom stereocenters. The van der Waals surface area contributed by atoms with Crippen molar-refractivity contribution in [3.05, 3.63) is 108 Å². The van der Waals surface area contributed by atoms with Gasteiger partial charge in [0.25, 0.3) is 0 Å². The first kappa shape index (κ1) is 31.0. The molecule has 0 saturated carbocycles. The number of hydrogen-bond acceptors (Lipinski definition) is 7. The maximum Gasteiger partial charge on any atom is 0.178 e. The number of sulfone groups is 1. The molecule has 5 aromatic carbocycles. The Morgan fingerprint density at radius 3 is 2.16 bits per heavy atom. The maximum atomic E-state index is 13.5. The van der Waals surface area contributed by atoms with Gasteiger partial charge in [-0.15, -0.1) is 10.2 Å². The lowest BCUT2D eigenvalue weighted by molar-refractivity contribution is 0.0990. The third kappa shape index (κ3) is 7.04. The molecule has 0 spiro atoms. The Bertz CT molecular complexity index is 1910. The van der Waals surface area contributed by atoms with Crippen LogP contribution < -0.4 is 0 Å². The van der Waals surface area contributed by atoms with Crippen molar-refractivity contribution < 1.29 is 18.3 Å². The van der Waals surface area contributed by atoms with Gasteiger partial charge in [0.2, 0.25) is 0 Å². The highest BCUT2D eigenvalue weighted by molar-refractivity contribution is 7.91. The molecule has 0 aliphatic heterocycles. The van der Waals surface area contributed by atoms with Crippen LogP contribution in [0.1, 0.15) is 42.6 Å². The Balaban J connectivity index is 1.35. The highest BCUT2D eigenvalue weighted by Crippen LogP contribution is 2.40. The number of rotatable bonds is 13. The minimum absolute atomic E-state index is 0.00396. The fourth-order valence-corrected chi connectivity index (χ4v) is 6.78. The predicted octanol–water partition coefficient (Wildman–Crippen LogP) is 8.44. The average molecular weight is 608 g/mol. The quantitative estimate of drug-likeness (QED) is 0.0823. The minimum atomic E-state index is -3.42. The van der Waals surface area contributed by atoms with E-state index in [1.165, 1.54) is 0 Å². The highest BCUT2D eigenvalue weighted by atomic mass is 32.2. The molecule has 0 amide bonds. The zero-order chi connectivity index (χ0) is 31.1. The van der Waals surface area contributed by atoms with E-state index in [0.717, 1.165) is 42.2 Å². The Kier molecular flexibility index (Phi) is 9.82. The second-order valence-electron chi connectivity index (χ2n) is 10.8. The van der Waals surface area contributed by atoms with Crippen LogP contribution in [0.4, 0.5) is 11.4 Å². The normalized spacial score (nSPS) is 12.1. The highest BCUT2D eigenvalue weighted by Gasteiger charge is 2.20. The van der Waals surface area contributed by atoms with Crippen molar-refractivity contribution in [2.75, 3.05) is 25.4 Å². The van der Waals surface area contributed by atoms with Crippen molar-refractivity contribution in [3.8, 4) is 5.75 Å². The molecule has 1 N–H and O–H groups in total. The number of phenols is 1. The van der Waals surface area contributed by atoms with Crippen LogP contribution >= 0.6 is 0 Å². The number of nitrogens with zero attached hydrogens (tertiary/aromatic N) is 3. The third-order valence-electron chi connectivity index (χ3n) is 8.00. The molecule has 0 bridgehead atoms. The fourth-order valence-electron chi connectivity index (χ4n) is 5.41. The second-order valence-corrected chi connectivity index (χ2v) is 12.9. The van der Waals surface area contributed by atoms with E-state index in [2.05, 4.69) is 29.0 Å². The molecule has 0 fully saturated rings. The van der Waals surface area contributed by atoms with Gasteiger partial charge in [-0.1, -0.05) is 86.6 Å². The zero-order valence-corrected chi connectivity index (χ0v) is 25.9. The molecule has 0 saturated heterocycles. The largest absolute Gasteiger partial charge is 0.505 e. The van der Waals surface area contributed by atoms with Crippen molar-refractivity contribution >= 4 is 48.5 Å². The van der Waals surface area contributed by atoms with Crippen LogP contribution in [0.3, 0.4) is 0 Å². The molecule has 5 aromatic rings. The monoisotopic (exact) mass is 607 g/mol. The number of benzene rings is 5. The van der Waals surface area contributed by atoms with Crippen LogP contribution in [0.15, 0.2) is 112 Å². The fraction of sp³-hybridized carbons (Fsp3) is 0.250. The van der Waals surface area contributed by atoms with Gasteiger partial charge in [-0.3, -0.25) is 4.79 Å². The van der Waals surface area contributed by atoms with Crippen LogP contribution in [0.25, 0.3) is 21.5 Å². The van der Waals surface area contributed by atoms with Crippen molar-refractivity contribution in [2.24, 2.45) is 10.2 Å². The topological polar surface area (TPSA) is 99.4 Å². The van der Waals surface area contributed by atoms with Gasteiger partial charge in [-0.2, -0.15) is 0 Å². The Hall–Kier alpha value is -4.40. The summed E-state index contributed by atoms with van der Waals surface area (Å²) in [5, 5.41) is 23.6. The summed E-state index contributed by atoms with van der Waals surface area (Å²) >= 11 is 0. The van der Waals surface area contributed by atoms with Crippen molar-refractivity contribution in [1.82, 2.24) is 4.90 Å². The van der Waals surface area contributed by atoms with E-state index >= 15 is 0 Å². The number of aromatic hydroxyl groups is 1. The van der Waals surface area contributed by atoms with Gasteiger partial charge in [0.1, 0.15) is 5.69 Å². The molecule has 0 aliphatic rings. The van der Waals surface area contributed by atoms with Gasteiger partial charge >= 0.3 is 0 Å². The van der Waals surface area contributed by atoms with Gasteiger partial charge < -0.3 is 10.0 Å². The molecule has 7 nitrogen and oxygen atoms in total. The number of Topliss-reactive ketones (excluding diaryl/α,β-unsaturated/α-hetero) is 1. The minimum Gasteiger partial charge on any atom is -0.505 e. The van der Waals surface area contributed by atoms with Gasteiger partial charge in [0.05, 0.1) is 21.9 Å². The lowest BCUT2D eigenvalue weighted by atomic mass is 9.97. The average Bonchev–Trinajstić information content (AvgIpc) is 3.04. The number of fused-ring (bicyclic) bond motifs is 2. The van der Waals surface area contributed by atoms with Crippen LogP contribution in [0.5, 0.6) is 5.75 Å². The van der Waals surface area contributed by atoms with Gasteiger partial charge in [0.15, 0.2) is 21.4 Å². The van der Waals surface area contributed by atoms with E-state index in [9.17, 15) is 18.3 Å². The molecule has 0 aliphatic carbocycles. The molecule has 0 unspecified atom stereocenters. The SMILES string of the molecule is CCN(CC)CCCCS(=O)(=O)c1ccc(CC(=O)c2cc3ccccc3c(N=Nc3cccc4ccccc34)c2O)cc1. The van der Waals surface area contributed by atoms with E-state index in [1.54, 1.807) is 30.3 Å². The maximum absolute atomic E-state index is 13.5. The first-order valence-corrected chi connectivity index (χ1v) is 16.7. The summed E-state index contributed by atoms with van der Waals surface area (Å²) in [4.78, 5) is 16.0. The smallest absolute Gasteiger partial charge is 0.178 e. The molecule has 0 aromatic heterocycles. The van der Waals surface area contributed by atoms with Gasteiger partial charge in [-0.25, -0.2) is 8.42 Å². The summed E-state index contributed by atoms with van der Waals surface area (Å²) in [6, 6.07) is 29.1. The number of azo groups is 1. The summed E-state index contributed by atoms with van der Waals surface area (Å²) < 4.78 is 25.8. The molecule has 226 valence electrons. The summed E-state index contributed by atoms with van der Waals surface area (Å²) in [5.74, 6) is -0.448. The molecular formula is C36H37N3O4S. The van der Waals surface area contributed by atoms with Gasteiger partial charge in [0, 0.05) is 17.2 Å². The number of unbranched alkanes of at least 4 members (excludes halogenated alkanes) is 1. The van der Waals surface area contributed by atoms with Crippen LogP contribution in [-0.2, 0) is 16.3 Å². The number of ketones is 1. The number of hydrogen-bond donors (Lipinski definition) is 1. The van der Waals surface area contributed by atoms with Crippen LogP contribution in [0.2, 0.25) is 0 Å². The standard InChI is InChI=1S/C36H37N3O4S/c1-3-39(4-2)22-9-10-23-44(42,43)29-20-18-26(19-21-29)24-34(40)32-25-28-13-6-8-16-31(28)35(36(32)41)38-37-33-17-11-14-27-12-5-7-15-30(27)33/h5-8,11-21,25,41H,3-4,9-10,22-24H2,1-2H3. The zero-order valence-electron chi connectivity index (χ0n) is 25.1. The molecule has 8 heteroatoms. The van der Waals surface area contributed by atoms with Crippen molar-refractivity contribution in [2.45, 2.75) is 38.0 Å². The Morgan fingerprint density at radius 1 is 0.773 bits per heavy atom. The second kappa shape index (κ2) is 13.9. The first-order chi connectivity index (χ1) is 21.3. The molecule has 44 heavy (non-hydrogen) atoms. The summed E-state index contributed by atoms with van der Waals surface area (Å²) in [5.41, 5.74) is 1.67. The van der Waals surface area contributed by atoms with Crippen molar-refractivity contribution in [3.63, 3.8) is 0 Å². The van der Waals surface area contributed by atoms with Crippen LogP contribution in [-0.4, -0.2) is 49.6 Å². The molecular weight excluding hydrogens is 570 g/mol.